The van der Waals surface area contributed by atoms with Crippen molar-refractivity contribution in [3.8, 4) is 0 Å². The highest BCUT2D eigenvalue weighted by Crippen LogP contribution is 2.42. The third-order valence-corrected chi connectivity index (χ3v) is 7.97. The second-order valence-corrected chi connectivity index (χ2v) is 9.54. The van der Waals surface area contributed by atoms with Gasteiger partial charge >= 0.3 is 0 Å². The van der Waals surface area contributed by atoms with E-state index >= 15 is 0 Å². The summed E-state index contributed by atoms with van der Waals surface area (Å²) in [6, 6.07) is 22.2. The van der Waals surface area contributed by atoms with Crippen molar-refractivity contribution in [2.75, 3.05) is 18.0 Å². The number of anilines is 1. The molecule has 3 aliphatic rings. The lowest BCUT2D eigenvalue weighted by Crippen LogP contribution is -2.59. The average molecular weight is 418 g/mol. The summed E-state index contributed by atoms with van der Waals surface area (Å²) in [4.78, 5) is 18.4. The summed E-state index contributed by atoms with van der Waals surface area (Å²) in [5, 5.41) is 3.31. The largest absolute Gasteiger partial charge is 0.336 e. The summed E-state index contributed by atoms with van der Waals surface area (Å²) in [6.07, 6.45) is 8.03. The van der Waals surface area contributed by atoms with Crippen LogP contribution in [-0.4, -0.2) is 41.6 Å². The Balaban J connectivity index is 1.37. The zero-order valence-corrected chi connectivity index (χ0v) is 18.7. The number of carbonyl (C=O) groups excluding carboxylic acids is 1. The molecule has 3 fully saturated rings. The molecule has 4 nitrogen and oxygen atoms in total. The van der Waals surface area contributed by atoms with Crippen molar-refractivity contribution in [2.24, 2.45) is 0 Å². The van der Waals surface area contributed by atoms with Crippen molar-refractivity contribution in [1.29, 1.82) is 0 Å². The van der Waals surface area contributed by atoms with Crippen LogP contribution < -0.4 is 10.2 Å². The van der Waals surface area contributed by atoms with Crippen molar-refractivity contribution >= 4 is 11.6 Å². The molecular formula is C27H35N3O. The first-order valence-corrected chi connectivity index (χ1v) is 12.2. The fourth-order valence-corrected chi connectivity index (χ4v) is 6.39. The standard InChI is InChI=1S/C27H35N3O/c1-2-25-28-26(31)27(30(25)22-13-7-4-8-14-22)17-19-29(20-18-27)24-16-10-9-15-23(24)21-11-5-3-6-12-21/h3-8,11-14,23-25H,2,9-10,15-20H2,1H3,(H,28,31)/t23?,24?,25-/m1/s1. The first kappa shape index (κ1) is 20.6. The summed E-state index contributed by atoms with van der Waals surface area (Å²) in [6.45, 7) is 4.17. The molecular weight excluding hydrogens is 382 g/mol. The van der Waals surface area contributed by atoms with E-state index < -0.39 is 5.54 Å². The van der Waals surface area contributed by atoms with Crippen LogP contribution in [0.3, 0.4) is 0 Å². The van der Waals surface area contributed by atoms with E-state index in [1.807, 2.05) is 0 Å². The van der Waals surface area contributed by atoms with Crippen LogP contribution in [0.25, 0.3) is 0 Å². The zero-order valence-electron chi connectivity index (χ0n) is 18.7. The molecule has 1 saturated carbocycles. The Morgan fingerprint density at radius 1 is 0.935 bits per heavy atom. The molecule has 0 bridgehead atoms. The van der Waals surface area contributed by atoms with Gasteiger partial charge in [-0.15, -0.1) is 0 Å². The van der Waals surface area contributed by atoms with Crippen LogP contribution in [-0.2, 0) is 4.79 Å². The van der Waals surface area contributed by atoms with Crippen LogP contribution in [0.15, 0.2) is 60.7 Å². The molecule has 2 aromatic carbocycles. The Morgan fingerprint density at radius 3 is 2.26 bits per heavy atom. The van der Waals surface area contributed by atoms with Gasteiger partial charge in [-0.3, -0.25) is 9.69 Å². The van der Waals surface area contributed by atoms with Crippen molar-refractivity contribution in [3.05, 3.63) is 66.2 Å². The van der Waals surface area contributed by atoms with E-state index in [2.05, 4.69) is 82.7 Å². The number of carbonyl (C=O) groups is 1. The van der Waals surface area contributed by atoms with Crippen LogP contribution in [0.4, 0.5) is 5.69 Å². The molecule has 2 aliphatic heterocycles. The maximum Gasteiger partial charge on any atom is 0.247 e. The Morgan fingerprint density at radius 2 is 1.58 bits per heavy atom. The van der Waals surface area contributed by atoms with Gasteiger partial charge in [0.2, 0.25) is 5.91 Å². The lowest BCUT2D eigenvalue weighted by molar-refractivity contribution is -0.125. The summed E-state index contributed by atoms with van der Waals surface area (Å²) >= 11 is 0. The molecule has 1 aliphatic carbocycles. The fraction of sp³-hybridized carbons (Fsp3) is 0.519. The van der Waals surface area contributed by atoms with Gasteiger partial charge in [0, 0.05) is 24.8 Å². The maximum absolute atomic E-state index is 13.3. The van der Waals surface area contributed by atoms with Gasteiger partial charge in [0.15, 0.2) is 0 Å². The lowest BCUT2D eigenvalue weighted by Gasteiger charge is -2.49. The number of amides is 1. The Labute approximate surface area is 186 Å². The molecule has 2 aromatic rings. The molecule has 0 aromatic heterocycles. The monoisotopic (exact) mass is 417 g/mol. The quantitative estimate of drug-likeness (QED) is 0.767. The van der Waals surface area contributed by atoms with E-state index in [1.165, 1.54) is 36.9 Å². The van der Waals surface area contributed by atoms with Gasteiger partial charge in [-0.25, -0.2) is 0 Å². The van der Waals surface area contributed by atoms with Crippen LogP contribution in [0.1, 0.15) is 63.4 Å². The van der Waals surface area contributed by atoms with Crippen molar-refractivity contribution in [3.63, 3.8) is 0 Å². The summed E-state index contributed by atoms with van der Waals surface area (Å²) in [7, 11) is 0. The number of likely N-dealkylation sites (tertiary alicyclic amines) is 1. The number of nitrogens with one attached hydrogen (secondary N) is 1. The van der Waals surface area contributed by atoms with E-state index in [1.54, 1.807) is 0 Å². The smallest absolute Gasteiger partial charge is 0.247 e. The lowest BCUT2D eigenvalue weighted by atomic mass is 9.77. The highest BCUT2D eigenvalue weighted by Gasteiger charge is 2.54. The maximum atomic E-state index is 13.3. The number of benzene rings is 2. The van der Waals surface area contributed by atoms with Gasteiger partial charge in [0.05, 0.1) is 0 Å². The molecule has 2 unspecified atom stereocenters. The second-order valence-electron chi connectivity index (χ2n) is 9.54. The second kappa shape index (κ2) is 8.66. The number of para-hydroxylation sites is 1. The summed E-state index contributed by atoms with van der Waals surface area (Å²) in [5.41, 5.74) is 2.25. The minimum Gasteiger partial charge on any atom is -0.336 e. The number of nitrogens with zero attached hydrogens (tertiary/aromatic N) is 2. The Bertz CT molecular complexity index is 876. The normalized spacial score (nSPS) is 28.6. The van der Waals surface area contributed by atoms with Crippen molar-refractivity contribution in [1.82, 2.24) is 10.2 Å². The van der Waals surface area contributed by atoms with Crippen LogP contribution in [0.5, 0.6) is 0 Å². The van der Waals surface area contributed by atoms with Gasteiger partial charge in [0.1, 0.15) is 11.7 Å². The molecule has 2 heterocycles. The van der Waals surface area contributed by atoms with Gasteiger partial charge in [0.25, 0.3) is 0 Å². The minimum absolute atomic E-state index is 0.0909. The molecule has 1 amide bonds. The number of piperidine rings is 1. The predicted octanol–water partition coefficient (Wildman–Crippen LogP) is 4.92. The topological polar surface area (TPSA) is 35.6 Å². The van der Waals surface area contributed by atoms with Crippen molar-refractivity contribution < 1.29 is 4.79 Å². The molecule has 164 valence electrons. The highest BCUT2D eigenvalue weighted by molar-refractivity contribution is 5.94. The van der Waals surface area contributed by atoms with Gasteiger partial charge in [-0.2, -0.15) is 0 Å². The fourth-order valence-electron chi connectivity index (χ4n) is 6.39. The predicted molar refractivity (Wildman–Crippen MR) is 126 cm³/mol. The first-order valence-electron chi connectivity index (χ1n) is 12.2. The van der Waals surface area contributed by atoms with E-state index in [0.717, 1.165) is 32.4 Å². The molecule has 4 heteroatoms. The van der Waals surface area contributed by atoms with Crippen molar-refractivity contribution in [2.45, 2.75) is 75.5 Å². The van der Waals surface area contributed by atoms with E-state index in [0.29, 0.717) is 12.0 Å². The molecule has 5 rings (SSSR count). The third kappa shape index (κ3) is 3.65. The number of hydrogen-bond acceptors (Lipinski definition) is 3. The van der Waals surface area contributed by atoms with E-state index in [9.17, 15) is 4.79 Å². The summed E-state index contributed by atoms with van der Waals surface area (Å²) < 4.78 is 0. The number of hydrogen-bond donors (Lipinski definition) is 1. The molecule has 31 heavy (non-hydrogen) atoms. The SMILES string of the molecule is CC[C@@H]1NC(=O)C2(CCN(C3CCCCC3c3ccccc3)CC2)N1c1ccccc1. The van der Waals surface area contributed by atoms with Crippen LogP contribution >= 0.6 is 0 Å². The molecule has 1 spiro atoms. The minimum atomic E-state index is -0.407. The summed E-state index contributed by atoms with van der Waals surface area (Å²) in [5.74, 6) is 0.848. The van der Waals surface area contributed by atoms with Crippen LogP contribution in [0.2, 0.25) is 0 Å². The molecule has 2 saturated heterocycles. The van der Waals surface area contributed by atoms with Gasteiger partial charge in [-0.1, -0.05) is 68.3 Å². The molecule has 0 radical (unpaired) electrons. The Hall–Kier alpha value is -2.33. The zero-order chi connectivity index (χ0) is 21.3. The number of rotatable bonds is 4. The molecule has 1 N–H and O–H groups in total. The van der Waals surface area contributed by atoms with Crippen LogP contribution in [0, 0.1) is 0 Å². The average Bonchev–Trinajstić information content (AvgIpc) is 3.11. The first-order chi connectivity index (χ1) is 15.2. The highest BCUT2D eigenvalue weighted by atomic mass is 16.2. The molecule has 3 atom stereocenters. The van der Waals surface area contributed by atoms with E-state index in [4.69, 9.17) is 0 Å². The van der Waals surface area contributed by atoms with Gasteiger partial charge in [-0.05, 0) is 55.7 Å². The van der Waals surface area contributed by atoms with E-state index in [-0.39, 0.29) is 12.1 Å². The Kier molecular flexibility index (Phi) is 5.75. The van der Waals surface area contributed by atoms with Gasteiger partial charge < -0.3 is 10.2 Å². The third-order valence-electron chi connectivity index (χ3n) is 7.97.